The summed E-state index contributed by atoms with van der Waals surface area (Å²) in [6.07, 6.45) is 3.09. The van der Waals surface area contributed by atoms with E-state index in [1.807, 2.05) is 41.9 Å². The molecule has 8 heteroatoms. The highest BCUT2D eigenvalue weighted by Gasteiger charge is 2.21. The Morgan fingerprint density at radius 3 is 2.66 bits per heavy atom. The third-order valence-electron chi connectivity index (χ3n) is 5.46. The molecule has 29 heavy (non-hydrogen) atoms. The fourth-order valence-corrected chi connectivity index (χ4v) is 6.00. The van der Waals surface area contributed by atoms with Crippen molar-refractivity contribution in [1.82, 2.24) is 14.8 Å². The van der Waals surface area contributed by atoms with Gasteiger partial charge in [0, 0.05) is 33.7 Å². The number of aryl methyl sites for hydroxylation is 3. The molecule has 1 amide bonds. The van der Waals surface area contributed by atoms with Crippen molar-refractivity contribution in [2.75, 3.05) is 0 Å². The normalized spacial score (nSPS) is 13.8. The molecular formula is C21H19N3O3S2. The van der Waals surface area contributed by atoms with Gasteiger partial charge in [-0.3, -0.25) is 10.2 Å². The first-order valence-electron chi connectivity index (χ1n) is 9.35. The Balaban J connectivity index is 1.42. The van der Waals surface area contributed by atoms with Gasteiger partial charge in [0.2, 0.25) is 0 Å². The summed E-state index contributed by atoms with van der Waals surface area (Å²) in [7, 11) is -1.94. The number of hydrogen-bond donors (Lipinski definition) is 2. The van der Waals surface area contributed by atoms with Crippen LogP contribution < -0.4 is 10.3 Å². The molecule has 2 aromatic carbocycles. The molecule has 0 fully saturated rings. The van der Waals surface area contributed by atoms with E-state index in [9.17, 15) is 13.2 Å². The lowest BCUT2D eigenvalue weighted by molar-refractivity contribution is 0.0949. The topological polar surface area (TPSA) is 80.2 Å². The lowest BCUT2D eigenvalue weighted by Gasteiger charge is -2.08. The van der Waals surface area contributed by atoms with Gasteiger partial charge in [-0.2, -0.15) is 0 Å². The number of nitrogens with zero attached hydrogens (tertiary/aromatic N) is 1. The number of benzene rings is 2. The van der Waals surface area contributed by atoms with E-state index in [0.717, 1.165) is 41.1 Å². The minimum atomic E-state index is -3.90. The third kappa shape index (κ3) is 3.04. The zero-order chi connectivity index (χ0) is 20.2. The van der Waals surface area contributed by atoms with Crippen LogP contribution in [0.25, 0.3) is 21.8 Å². The van der Waals surface area contributed by atoms with Crippen LogP contribution in [0.2, 0.25) is 0 Å². The molecule has 2 N–H and O–H groups in total. The van der Waals surface area contributed by atoms with E-state index in [4.69, 9.17) is 0 Å². The minimum absolute atomic E-state index is 0.107. The van der Waals surface area contributed by atoms with Crippen LogP contribution in [0, 0.1) is 0 Å². The monoisotopic (exact) mass is 425 g/mol. The number of para-hydroxylation sites is 1. The maximum absolute atomic E-state index is 12.8. The molecule has 148 valence electrons. The van der Waals surface area contributed by atoms with E-state index < -0.39 is 15.9 Å². The van der Waals surface area contributed by atoms with Crippen LogP contribution in [0.15, 0.2) is 53.4 Å². The van der Waals surface area contributed by atoms with E-state index in [1.54, 1.807) is 18.2 Å². The van der Waals surface area contributed by atoms with Crippen molar-refractivity contribution in [3.63, 3.8) is 0 Å². The zero-order valence-electron chi connectivity index (χ0n) is 15.7. The van der Waals surface area contributed by atoms with Gasteiger partial charge >= 0.3 is 0 Å². The fraction of sp³-hybridized carbons (Fsp3) is 0.190. The lowest BCUT2D eigenvalue weighted by atomic mass is 10.1. The van der Waals surface area contributed by atoms with Crippen LogP contribution >= 0.6 is 11.3 Å². The highest BCUT2D eigenvalue weighted by atomic mass is 32.2. The number of hydrazine groups is 1. The van der Waals surface area contributed by atoms with Crippen molar-refractivity contribution in [3.05, 3.63) is 63.8 Å². The van der Waals surface area contributed by atoms with E-state index >= 15 is 0 Å². The highest BCUT2D eigenvalue weighted by molar-refractivity contribution is 7.89. The van der Waals surface area contributed by atoms with E-state index in [1.165, 1.54) is 21.8 Å². The van der Waals surface area contributed by atoms with Crippen LogP contribution in [0.1, 0.15) is 26.5 Å². The van der Waals surface area contributed by atoms with Crippen molar-refractivity contribution in [2.24, 2.45) is 7.05 Å². The van der Waals surface area contributed by atoms with Gasteiger partial charge in [-0.05, 0) is 55.2 Å². The Kier molecular flexibility index (Phi) is 4.23. The van der Waals surface area contributed by atoms with Gasteiger partial charge in [0.15, 0.2) is 0 Å². The summed E-state index contributed by atoms with van der Waals surface area (Å²) in [4.78, 5) is 16.5. The van der Waals surface area contributed by atoms with Gasteiger partial charge in [0.1, 0.15) is 0 Å². The van der Waals surface area contributed by atoms with E-state index in [0.29, 0.717) is 4.88 Å². The molecule has 4 aromatic rings. The molecule has 0 unspecified atom stereocenters. The summed E-state index contributed by atoms with van der Waals surface area (Å²) in [5.74, 6) is -0.431. The summed E-state index contributed by atoms with van der Waals surface area (Å²) in [6.45, 7) is 0. The molecule has 0 saturated heterocycles. The molecule has 1 aliphatic carbocycles. The molecule has 2 heterocycles. The summed E-state index contributed by atoms with van der Waals surface area (Å²) in [5, 5.41) is 1.84. The molecule has 2 aromatic heterocycles. The lowest BCUT2D eigenvalue weighted by Crippen LogP contribution is -2.41. The second kappa shape index (κ2) is 6.69. The van der Waals surface area contributed by atoms with Crippen LogP contribution in [-0.4, -0.2) is 18.9 Å². The largest absolute Gasteiger partial charge is 0.344 e. The van der Waals surface area contributed by atoms with Gasteiger partial charge in [-0.25, -0.2) is 8.42 Å². The average molecular weight is 426 g/mol. The number of hydrogen-bond acceptors (Lipinski definition) is 4. The number of carbonyl (C=O) groups excluding carboxylic acids is 1. The number of thiophene rings is 1. The number of carbonyl (C=O) groups is 1. The van der Waals surface area contributed by atoms with Crippen LogP contribution in [-0.2, 0) is 29.9 Å². The Morgan fingerprint density at radius 1 is 1.03 bits per heavy atom. The smallest absolute Gasteiger partial charge is 0.276 e. The van der Waals surface area contributed by atoms with Crippen LogP contribution in [0.3, 0.4) is 0 Å². The standard InChI is InChI=1S/C21H19N3O3S2/c1-24-17-7-3-2-6-15(17)16-12-14(9-10-18(16)24)29(26,27)23-22-21(25)20-11-13-5-4-8-19(13)28-20/h2-3,6-7,9-12,23H,4-5,8H2,1H3,(H,22,25). The Morgan fingerprint density at radius 2 is 1.83 bits per heavy atom. The Bertz CT molecular complexity index is 1360. The quantitative estimate of drug-likeness (QED) is 0.491. The zero-order valence-corrected chi connectivity index (χ0v) is 17.4. The molecule has 0 aliphatic heterocycles. The molecule has 0 bridgehead atoms. The van der Waals surface area contributed by atoms with Gasteiger partial charge in [0.25, 0.3) is 15.9 Å². The summed E-state index contributed by atoms with van der Waals surface area (Å²) in [6, 6.07) is 14.7. The van der Waals surface area contributed by atoms with Gasteiger partial charge in [-0.15, -0.1) is 16.2 Å². The fourth-order valence-electron chi connectivity index (χ4n) is 3.99. The van der Waals surface area contributed by atoms with Gasteiger partial charge in [-0.1, -0.05) is 18.2 Å². The molecule has 0 atom stereocenters. The highest BCUT2D eigenvalue weighted by Crippen LogP contribution is 2.31. The maximum atomic E-state index is 12.8. The number of rotatable bonds is 4. The second-order valence-electron chi connectivity index (χ2n) is 7.23. The summed E-state index contributed by atoms with van der Waals surface area (Å²) < 4.78 is 27.6. The molecule has 5 rings (SSSR count). The first kappa shape index (κ1) is 18.4. The summed E-state index contributed by atoms with van der Waals surface area (Å²) >= 11 is 1.43. The van der Waals surface area contributed by atoms with E-state index in [-0.39, 0.29) is 4.90 Å². The van der Waals surface area contributed by atoms with Crippen molar-refractivity contribution in [3.8, 4) is 0 Å². The Hall–Kier alpha value is -2.68. The summed E-state index contributed by atoms with van der Waals surface area (Å²) in [5.41, 5.74) is 5.52. The van der Waals surface area contributed by atoms with Gasteiger partial charge in [0.05, 0.1) is 9.77 Å². The predicted octanol–water partition coefficient (Wildman–Crippen LogP) is 3.51. The van der Waals surface area contributed by atoms with Gasteiger partial charge < -0.3 is 4.57 Å². The second-order valence-corrected chi connectivity index (χ2v) is 10.0. The SMILES string of the molecule is Cn1c2ccccc2c2cc(S(=O)(=O)NNC(=O)c3cc4c(s3)CCC4)ccc21. The number of sulfonamides is 1. The average Bonchev–Trinajstić information content (AvgIpc) is 3.40. The van der Waals surface area contributed by atoms with Crippen LogP contribution in [0.5, 0.6) is 0 Å². The number of amides is 1. The minimum Gasteiger partial charge on any atom is -0.344 e. The number of fused-ring (bicyclic) bond motifs is 4. The number of aromatic nitrogens is 1. The predicted molar refractivity (Wildman–Crippen MR) is 115 cm³/mol. The molecule has 6 nitrogen and oxygen atoms in total. The molecule has 0 radical (unpaired) electrons. The molecule has 1 aliphatic rings. The molecule has 0 saturated carbocycles. The third-order valence-corrected chi connectivity index (χ3v) is 7.95. The van der Waals surface area contributed by atoms with Crippen molar-refractivity contribution in [1.29, 1.82) is 0 Å². The first-order chi connectivity index (χ1) is 13.9. The first-order valence-corrected chi connectivity index (χ1v) is 11.6. The maximum Gasteiger partial charge on any atom is 0.276 e. The molecular weight excluding hydrogens is 406 g/mol. The van der Waals surface area contributed by atoms with Crippen molar-refractivity contribution >= 4 is 49.1 Å². The molecule has 0 spiro atoms. The van der Waals surface area contributed by atoms with Crippen molar-refractivity contribution in [2.45, 2.75) is 24.2 Å². The van der Waals surface area contributed by atoms with Crippen LogP contribution in [0.4, 0.5) is 0 Å². The van der Waals surface area contributed by atoms with Crippen molar-refractivity contribution < 1.29 is 13.2 Å². The number of nitrogens with one attached hydrogen (secondary N) is 2. The Labute approximate surface area is 172 Å². The van der Waals surface area contributed by atoms with E-state index in [2.05, 4.69) is 10.3 Å².